The van der Waals surface area contributed by atoms with Crippen molar-refractivity contribution in [2.24, 2.45) is 0 Å². The number of carbonyl (C=O) groups is 2. The Morgan fingerprint density at radius 1 is 0.933 bits per heavy atom. The van der Waals surface area contributed by atoms with Crippen LogP contribution in [0.1, 0.15) is 11.1 Å². The van der Waals surface area contributed by atoms with Gasteiger partial charge in [0.15, 0.2) is 0 Å². The van der Waals surface area contributed by atoms with Gasteiger partial charge >= 0.3 is 0 Å². The average Bonchev–Trinajstić information content (AvgIpc) is 3.13. The number of hydrogen-bond donors (Lipinski definition) is 1. The molecule has 0 aromatic heterocycles. The average molecular weight is 461 g/mol. The molecule has 2 aromatic rings. The van der Waals surface area contributed by atoms with Crippen LogP contribution in [0.3, 0.4) is 0 Å². The van der Waals surface area contributed by atoms with E-state index in [1.54, 1.807) is 17.0 Å². The zero-order chi connectivity index (χ0) is 21.5. The molecule has 0 radical (unpaired) electrons. The maximum absolute atomic E-state index is 13.3. The van der Waals surface area contributed by atoms with E-state index in [0.29, 0.717) is 17.8 Å². The van der Waals surface area contributed by atoms with E-state index < -0.39 is 21.8 Å². The minimum atomic E-state index is -4.25. The molecular weight excluding hydrogens is 444 g/mol. The zero-order valence-corrected chi connectivity index (χ0v) is 18.0. The van der Waals surface area contributed by atoms with E-state index in [1.165, 1.54) is 0 Å². The van der Waals surface area contributed by atoms with Gasteiger partial charge in [-0.25, -0.2) is 0 Å². The van der Waals surface area contributed by atoms with E-state index in [2.05, 4.69) is 0 Å². The van der Waals surface area contributed by atoms with Gasteiger partial charge in [-0.2, -0.15) is 8.42 Å². The van der Waals surface area contributed by atoms with Gasteiger partial charge < -0.3 is 4.90 Å². The molecule has 1 N–H and O–H groups in total. The molecule has 7 nitrogen and oxygen atoms in total. The van der Waals surface area contributed by atoms with Crippen molar-refractivity contribution in [1.82, 2.24) is 4.90 Å². The van der Waals surface area contributed by atoms with E-state index >= 15 is 0 Å². The summed E-state index contributed by atoms with van der Waals surface area (Å²) in [6.07, 6.45) is 0. The van der Waals surface area contributed by atoms with Crippen LogP contribution in [0.4, 0.5) is 5.69 Å². The fourth-order valence-corrected chi connectivity index (χ4v) is 5.16. The number of amides is 2. The van der Waals surface area contributed by atoms with Crippen LogP contribution in [-0.2, 0) is 26.3 Å². The Morgan fingerprint density at radius 3 is 2.30 bits per heavy atom. The van der Waals surface area contributed by atoms with E-state index in [4.69, 9.17) is 16.8 Å². The van der Waals surface area contributed by atoms with Crippen LogP contribution in [0.15, 0.2) is 59.5 Å². The number of carbonyl (C=O) groups excluding carboxylic acids is 2. The molecule has 10 heteroatoms. The predicted molar refractivity (Wildman–Crippen MR) is 119 cm³/mol. The van der Waals surface area contributed by atoms with Crippen molar-refractivity contribution in [2.75, 3.05) is 17.2 Å². The maximum Gasteiger partial charge on any atom is 0.267 e. The highest BCUT2D eigenvalue weighted by molar-refractivity contribution is 8.26. The molecular formula is C20H16N2O5S3. The van der Waals surface area contributed by atoms with Crippen LogP contribution in [0.5, 0.6) is 0 Å². The van der Waals surface area contributed by atoms with Crippen LogP contribution in [0, 0.1) is 0 Å². The fourth-order valence-electron chi connectivity index (χ4n) is 3.37. The Balaban J connectivity index is 1.72. The molecule has 2 aromatic carbocycles. The van der Waals surface area contributed by atoms with Crippen LogP contribution in [-0.4, -0.2) is 46.3 Å². The van der Waals surface area contributed by atoms with E-state index in [1.807, 2.05) is 42.5 Å². The van der Waals surface area contributed by atoms with Crippen molar-refractivity contribution < 1.29 is 22.6 Å². The lowest BCUT2D eigenvalue weighted by atomic mass is 10.1. The van der Waals surface area contributed by atoms with Crippen molar-refractivity contribution in [3.05, 3.63) is 70.6 Å². The number of benzene rings is 2. The number of thioether (sulfide) groups is 1. The Kier molecular flexibility index (Phi) is 5.49. The summed E-state index contributed by atoms with van der Waals surface area (Å²) in [6, 6.07) is 16.7. The SMILES string of the molecule is O=C1C(=C2C(=O)N(Cc3ccccc3)c3ccccc32)SC(=S)N1CCS(=O)(=O)O. The third kappa shape index (κ3) is 3.91. The molecule has 0 saturated carbocycles. The number of thiocarbonyl (C=S) groups is 1. The predicted octanol–water partition coefficient (Wildman–Crippen LogP) is 2.69. The van der Waals surface area contributed by atoms with Crippen LogP contribution < -0.4 is 4.90 Å². The van der Waals surface area contributed by atoms with Crippen molar-refractivity contribution >= 4 is 61.5 Å². The molecule has 30 heavy (non-hydrogen) atoms. The first-order chi connectivity index (χ1) is 14.3. The molecule has 154 valence electrons. The smallest absolute Gasteiger partial charge is 0.267 e. The molecule has 2 amide bonds. The van der Waals surface area contributed by atoms with E-state index in [-0.39, 0.29) is 27.3 Å². The summed E-state index contributed by atoms with van der Waals surface area (Å²) in [4.78, 5) is 29.2. The van der Waals surface area contributed by atoms with Gasteiger partial charge in [0.2, 0.25) is 0 Å². The first-order valence-electron chi connectivity index (χ1n) is 8.94. The normalized spacial score (nSPS) is 19.0. The Bertz CT molecular complexity index is 1190. The molecule has 4 rings (SSSR count). The van der Waals surface area contributed by atoms with Gasteiger partial charge in [-0.05, 0) is 11.6 Å². The van der Waals surface area contributed by atoms with Gasteiger partial charge in [-0.1, -0.05) is 72.5 Å². The second-order valence-electron chi connectivity index (χ2n) is 6.71. The van der Waals surface area contributed by atoms with E-state index in [0.717, 1.165) is 22.2 Å². The van der Waals surface area contributed by atoms with Crippen LogP contribution >= 0.6 is 24.0 Å². The minimum Gasteiger partial charge on any atom is -0.303 e. The lowest BCUT2D eigenvalue weighted by Crippen LogP contribution is -2.33. The molecule has 0 spiro atoms. The highest BCUT2D eigenvalue weighted by atomic mass is 32.2. The van der Waals surface area contributed by atoms with Gasteiger partial charge in [-0.15, -0.1) is 0 Å². The van der Waals surface area contributed by atoms with Gasteiger partial charge in [0.05, 0.1) is 28.5 Å². The third-order valence-corrected chi connectivity index (χ3v) is 6.90. The summed E-state index contributed by atoms with van der Waals surface area (Å²) >= 11 is 6.19. The first kappa shape index (κ1) is 20.7. The summed E-state index contributed by atoms with van der Waals surface area (Å²) in [5.41, 5.74) is 2.54. The topological polar surface area (TPSA) is 95.0 Å². The molecule has 0 atom stereocenters. The fraction of sp³-hybridized carbons (Fsp3) is 0.150. The summed E-state index contributed by atoms with van der Waals surface area (Å²) in [7, 11) is -4.25. The molecule has 0 bridgehead atoms. The third-order valence-electron chi connectivity index (χ3n) is 4.76. The second kappa shape index (κ2) is 7.95. The number of fused-ring (bicyclic) bond motifs is 1. The highest BCUT2D eigenvalue weighted by Gasteiger charge is 2.42. The van der Waals surface area contributed by atoms with Gasteiger partial charge in [0.1, 0.15) is 4.32 Å². The minimum absolute atomic E-state index is 0.151. The van der Waals surface area contributed by atoms with Crippen LogP contribution in [0.25, 0.3) is 5.57 Å². The monoisotopic (exact) mass is 460 g/mol. The molecule has 1 fully saturated rings. The number of para-hydroxylation sites is 1. The maximum atomic E-state index is 13.3. The molecule has 2 heterocycles. The van der Waals surface area contributed by atoms with Gasteiger partial charge in [-0.3, -0.25) is 19.0 Å². The lowest BCUT2D eigenvalue weighted by molar-refractivity contribution is -0.122. The molecule has 2 aliphatic heterocycles. The highest BCUT2D eigenvalue weighted by Crippen LogP contribution is 2.44. The summed E-state index contributed by atoms with van der Waals surface area (Å²) in [5, 5.41) is 0. The number of rotatable bonds is 5. The first-order valence-corrected chi connectivity index (χ1v) is 11.8. The van der Waals surface area contributed by atoms with Crippen molar-refractivity contribution in [3.8, 4) is 0 Å². The van der Waals surface area contributed by atoms with Crippen LogP contribution in [0.2, 0.25) is 0 Å². The Morgan fingerprint density at radius 2 is 1.60 bits per heavy atom. The van der Waals surface area contributed by atoms with Gasteiger partial charge in [0.25, 0.3) is 21.9 Å². The lowest BCUT2D eigenvalue weighted by Gasteiger charge is -2.17. The largest absolute Gasteiger partial charge is 0.303 e. The van der Waals surface area contributed by atoms with Crippen molar-refractivity contribution in [1.29, 1.82) is 0 Å². The summed E-state index contributed by atoms with van der Waals surface area (Å²) in [5.74, 6) is -1.48. The standard InChI is InChI=1S/C20H16N2O5S3/c23-18-16(17-19(24)21(20(28)29-17)10-11-30(25,26)27)14-8-4-5-9-15(14)22(18)12-13-6-2-1-3-7-13/h1-9H,10-12H2,(H,25,26,27). The molecule has 2 aliphatic rings. The number of anilines is 1. The second-order valence-corrected chi connectivity index (χ2v) is 9.93. The summed E-state index contributed by atoms with van der Waals surface area (Å²) in [6.45, 7) is 0.0765. The van der Waals surface area contributed by atoms with Crippen molar-refractivity contribution in [2.45, 2.75) is 6.54 Å². The summed E-state index contributed by atoms with van der Waals surface area (Å²) < 4.78 is 31.3. The van der Waals surface area contributed by atoms with Crippen molar-refractivity contribution in [3.63, 3.8) is 0 Å². The Labute approximate surface area is 183 Å². The molecule has 0 unspecified atom stereocenters. The molecule has 0 aliphatic carbocycles. The number of nitrogens with zero attached hydrogens (tertiary/aromatic N) is 2. The zero-order valence-electron chi connectivity index (χ0n) is 15.5. The molecule has 1 saturated heterocycles. The Hall–Kier alpha value is -2.53. The van der Waals surface area contributed by atoms with Gasteiger partial charge in [0, 0.05) is 12.1 Å². The number of hydrogen-bond acceptors (Lipinski definition) is 6. The van der Waals surface area contributed by atoms with E-state index in [9.17, 15) is 18.0 Å². The quantitative estimate of drug-likeness (QED) is 0.416.